The zero-order valence-corrected chi connectivity index (χ0v) is 22.7. The minimum Gasteiger partial charge on any atom is -0.349 e. The smallest absolute Gasteiger partial charge is 0.313 e. The summed E-state index contributed by atoms with van der Waals surface area (Å²) < 4.78 is 0. The number of aromatic nitrogens is 2. The molecular formula is C24H32ClN7O4S. The van der Waals surface area contributed by atoms with Crippen molar-refractivity contribution in [3.8, 4) is 0 Å². The molecule has 2 aliphatic rings. The van der Waals surface area contributed by atoms with Gasteiger partial charge in [0.15, 0.2) is 5.01 Å². The van der Waals surface area contributed by atoms with Crippen LogP contribution in [0.25, 0.3) is 0 Å². The fourth-order valence-electron chi connectivity index (χ4n) is 4.60. The third-order valence-corrected chi connectivity index (χ3v) is 7.62. The maximum absolute atomic E-state index is 13.2. The average Bonchev–Trinajstić information content (AvgIpc) is 3.28. The zero-order valence-electron chi connectivity index (χ0n) is 21.0. The van der Waals surface area contributed by atoms with E-state index in [0.29, 0.717) is 30.0 Å². The highest BCUT2D eigenvalue weighted by Crippen LogP contribution is 2.28. The average molecular weight is 550 g/mol. The SMILES string of the molecule is CN1CCc2nc(C(=O)N[C@@H]3C[C@@H](C(=O)N(C)C)CC[C@@H]3NC(=O)C(=O)Nc3ccncc3)sc2C1.Cl. The van der Waals surface area contributed by atoms with Crippen LogP contribution >= 0.6 is 23.7 Å². The van der Waals surface area contributed by atoms with E-state index < -0.39 is 23.9 Å². The van der Waals surface area contributed by atoms with Gasteiger partial charge in [0, 0.05) is 68.5 Å². The first-order chi connectivity index (χ1) is 17.2. The number of nitrogens with one attached hydrogen (secondary N) is 3. The van der Waals surface area contributed by atoms with Gasteiger partial charge >= 0.3 is 11.8 Å². The molecule has 0 radical (unpaired) electrons. The van der Waals surface area contributed by atoms with Gasteiger partial charge in [0.2, 0.25) is 5.91 Å². The molecule has 0 unspecified atom stereocenters. The highest BCUT2D eigenvalue weighted by molar-refractivity contribution is 7.13. The van der Waals surface area contributed by atoms with Crippen molar-refractivity contribution in [1.29, 1.82) is 0 Å². The van der Waals surface area contributed by atoms with E-state index in [4.69, 9.17) is 0 Å². The van der Waals surface area contributed by atoms with Crippen molar-refractivity contribution in [3.63, 3.8) is 0 Å². The van der Waals surface area contributed by atoms with E-state index in [1.807, 2.05) is 7.05 Å². The first-order valence-electron chi connectivity index (χ1n) is 11.9. The van der Waals surface area contributed by atoms with E-state index in [1.165, 1.54) is 28.6 Å². The van der Waals surface area contributed by atoms with Crippen LogP contribution in [0.5, 0.6) is 0 Å². The standard InChI is InChI=1S/C24H31N7O4S.ClH/c1-30(2)24(35)14-4-5-16(27-21(33)20(32)26-15-6-9-25-10-7-15)18(12-14)28-22(34)23-29-17-8-11-31(3)13-19(17)36-23;/h6-7,9-10,14,16,18H,4-5,8,11-13H2,1-3H3,(H,27,33)(H,28,34)(H,25,26,32);1H/t14-,16-,18+;/m0./s1. The van der Waals surface area contributed by atoms with Gasteiger partial charge in [0.25, 0.3) is 5.91 Å². The summed E-state index contributed by atoms with van der Waals surface area (Å²) in [5.74, 6) is -2.26. The number of pyridine rings is 1. The molecule has 1 saturated carbocycles. The lowest BCUT2D eigenvalue weighted by atomic mass is 9.81. The van der Waals surface area contributed by atoms with Crippen LogP contribution < -0.4 is 16.0 Å². The Labute approximate surface area is 225 Å². The summed E-state index contributed by atoms with van der Waals surface area (Å²) in [6.45, 7) is 1.65. The number of amides is 4. The number of fused-ring (bicyclic) bond motifs is 1. The number of carbonyl (C=O) groups excluding carboxylic acids is 4. The third kappa shape index (κ3) is 7.02. The van der Waals surface area contributed by atoms with E-state index in [0.717, 1.165) is 30.1 Å². The lowest BCUT2D eigenvalue weighted by Crippen LogP contribution is -2.57. The Kier molecular flexibility index (Phi) is 9.57. The number of nitrogens with zero attached hydrogens (tertiary/aromatic N) is 4. The van der Waals surface area contributed by atoms with Gasteiger partial charge in [-0.25, -0.2) is 4.98 Å². The van der Waals surface area contributed by atoms with E-state index >= 15 is 0 Å². The molecule has 37 heavy (non-hydrogen) atoms. The second-order valence-corrected chi connectivity index (χ2v) is 10.6. The number of halogens is 1. The van der Waals surface area contributed by atoms with Crippen LogP contribution in [0.3, 0.4) is 0 Å². The molecule has 1 fully saturated rings. The van der Waals surface area contributed by atoms with Crippen molar-refractivity contribution >= 4 is 53.1 Å². The fourth-order valence-corrected chi connectivity index (χ4v) is 5.69. The highest BCUT2D eigenvalue weighted by atomic mass is 35.5. The number of carbonyl (C=O) groups is 4. The molecule has 4 amide bonds. The summed E-state index contributed by atoms with van der Waals surface area (Å²) in [5.41, 5.74) is 1.40. The van der Waals surface area contributed by atoms with Crippen LogP contribution in [0.4, 0.5) is 5.69 Å². The van der Waals surface area contributed by atoms with Gasteiger partial charge in [0.1, 0.15) is 0 Å². The predicted molar refractivity (Wildman–Crippen MR) is 141 cm³/mol. The normalized spacial score (nSPS) is 21.1. The molecule has 1 aliphatic heterocycles. The molecule has 0 aromatic carbocycles. The number of thiazole rings is 1. The van der Waals surface area contributed by atoms with Crippen LogP contribution in [-0.4, -0.2) is 83.2 Å². The summed E-state index contributed by atoms with van der Waals surface area (Å²) in [7, 11) is 5.43. The second-order valence-electron chi connectivity index (χ2n) is 9.47. The van der Waals surface area contributed by atoms with E-state index in [2.05, 4.69) is 30.8 Å². The van der Waals surface area contributed by atoms with Gasteiger partial charge in [-0.3, -0.25) is 24.2 Å². The van der Waals surface area contributed by atoms with Gasteiger partial charge in [0.05, 0.1) is 11.7 Å². The van der Waals surface area contributed by atoms with Crippen molar-refractivity contribution in [1.82, 2.24) is 30.4 Å². The summed E-state index contributed by atoms with van der Waals surface area (Å²) in [6.07, 6.45) is 5.16. The van der Waals surface area contributed by atoms with E-state index in [-0.39, 0.29) is 30.1 Å². The fraction of sp³-hybridized carbons (Fsp3) is 0.500. The predicted octanol–water partition coefficient (Wildman–Crippen LogP) is 1.06. The highest BCUT2D eigenvalue weighted by Gasteiger charge is 2.37. The van der Waals surface area contributed by atoms with E-state index in [1.54, 1.807) is 26.2 Å². The summed E-state index contributed by atoms with van der Waals surface area (Å²) in [4.78, 5) is 64.1. The van der Waals surface area contributed by atoms with Crippen molar-refractivity contribution < 1.29 is 19.2 Å². The molecule has 4 rings (SSSR count). The topological polar surface area (TPSA) is 137 Å². The van der Waals surface area contributed by atoms with Crippen LogP contribution in [0.15, 0.2) is 24.5 Å². The van der Waals surface area contributed by atoms with Gasteiger partial charge in [-0.05, 0) is 38.4 Å². The molecule has 0 saturated heterocycles. The molecule has 3 N–H and O–H groups in total. The molecule has 0 bridgehead atoms. The van der Waals surface area contributed by atoms with Crippen LogP contribution in [0, 0.1) is 5.92 Å². The quantitative estimate of drug-likeness (QED) is 0.474. The number of anilines is 1. The molecule has 200 valence electrons. The Bertz CT molecular complexity index is 1140. The van der Waals surface area contributed by atoms with Gasteiger partial charge in [-0.2, -0.15) is 0 Å². The Morgan fingerprint density at radius 1 is 1.05 bits per heavy atom. The molecule has 2 aromatic rings. The zero-order chi connectivity index (χ0) is 25.8. The molecule has 3 atom stereocenters. The Balaban J connectivity index is 0.00000380. The monoisotopic (exact) mass is 549 g/mol. The van der Waals surface area contributed by atoms with Gasteiger partial charge in [-0.1, -0.05) is 0 Å². The number of hydrogen-bond acceptors (Lipinski definition) is 8. The number of likely N-dealkylation sites (N-methyl/N-ethyl adjacent to an activating group) is 1. The molecule has 3 heterocycles. The Hall–Kier alpha value is -3.09. The maximum Gasteiger partial charge on any atom is 0.313 e. The molecule has 13 heteroatoms. The van der Waals surface area contributed by atoms with Crippen molar-refractivity contribution in [2.24, 2.45) is 5.92 Å². The molecule has 2 aromatic heterocycles. The van der Waals surface area contributed by atoms with Crippen molar-refractivity contribution in [2.75, 3.05) is 33.0 Å². The van der Waals surface area contributed by atoms with E-state index in [9.17, 15) is 19.2 Å². The van der Waals surface area contributed by atoms with Crippen LogP contribution in [-0.2, 0) is 27.3 Å². The third-order valence-electron chi connectivity index (χ3n) is 6.53. The number of rotatable bonds is 5. The molecule has 1 aliphatic carbocycles. The van der Waals surface area contributed by atoms with Crippen LogP contribution in [0.2, 0.25) is 0 Å². The summed E-state index contributed by atoms with van der Waals surface area (Å²) in [5, 5.41) is 8.66. The minimum absolute atomic E-state index is 0. The van der Waals surface area contributed by atoms with Crippen LogP contribution in [0.1, 0.15) is 39.6 Å². The molecular weight excluding hydrogens is 518 g/mol. The Morgan fingerprint density at radius 3 is 2.49 bits per heavy atom. The lowest BCUT2D eigenvalue weighted by molar-refractivity contribution is -0.137. The maximum atomic E-state index is 13.2. The largest absolute Gasteiger partial charge is 0.349 e. The Morgan fingerprint density at radius 2 is 1.78 bits per heavy atom. The number of hydrogen-bond donors (Lipinski definition) is 3. The summed E-state index contributed by atoms with van der Waals surface area (Å²) in [6, 6.07) is 2.13. The second kappa shape index (κ2) is 12.4. The first kappa shape index (κ1) is 28.5. The first-order valence-corrected chi connectivity index (χ1v) is 12.7. The lowest BCUT2D eigenvalue weighted by Gasteiger charge is -2.37. The summed E-state index contributed by atoms with van der Waals surface area (Å²) >= 11 is 1.37. The minimum atomic E-state index is -0.811. The molecule has 11 nitrogen and oxygen atoms in total. The molecule has 0 spiro atoms. The van der Waals surface area contributed by atoms with Crippen molar-refractivity contribution in [2.45, 2.75) is 44.3 Å². The van der Waals surface area contributed by atoms with Crippen molar-refractivity contribution in [3.05, 3.63) is 40.1 Å². The van der Waals surface area contributed by atoms with Gasteiger partial charge < -0.3 is 25.8 Å². The van der Waals surface area contributed by atoms with Gasteiger partial charge in [-0.15, -0.1) is 23.7 Å².